The number of carboxylic acids is 1. The molecule has 0 radical (unpaired) electrons. The molecule has 3 rings (SSSR count). The third-order valence-corrected chi connectivity index (χ3v) is 3.81. The highest BCUT2D eigenvalue weighted by Crippen LogP contribution is 2.48. The summed E-state index contributed by atoms with van der Waals surface area (Å²) in [5.74, 6) is -3.12. The molecule has 1 saturated carbocycles. The summed E-state index contributed by atoms with van der Waals surface area (Å²) in [4.78, 5) is 22.6. The van der Waals surface area contributed by atoms with Crippen LogP contribution in [-0.4, -0.2) is 32.0 Å². The van der Waals surface area contributed by atoms with Crippen molar-refractivity contribution >= 4 is 11.9 Å². The lowest BCUT2D eigenvalue weighted by molar-refractivity contribution is -0.138. The molecule has 9 heteroatoms. The van der Waals surface area contributed by atoms with Gasteiger partial charge in [0.2, 0.25) is 5.91 Å². The lowest BCUT2D eigenvalue weighted by Gasteiger charge is -2.04. The molecule has 2 unspecified atom stereocenters. The van der Waals surface area contributed by atoms with E-state index in [-0.39, 0.29) is 30.5 Å². The summed E-state index contributed by atoms with van der Waals surface area (Å²) >= 11 is 0. The number of benzene rings is 1. The molecule has 1 amide bonds. The third-order valence-electron chi connectivity index (χ3n) is 3.81. The van der Waals surface area contributed by atoms with Gasteiger partial charge >= 0.3 is 5.97 Å². The number of nitrogens with zero attached hydrogens (tertiary/aromatic N) is 3. The molecule has 1 fully saturated rings. The van der Waals surface area contributed by atoms with E-state index in [0.717, 1.165) is 22.9 Å². The average Bonchev–Trinajstić information content (AvgIpc) is 3.20. The standard InChI is InChI=1S/C15H14F2N4O3/c16-8-1-2-13(17)11(3-8)10-4-12(10)15(24)18-5-9-6-21(20-19-9)7-14(22)23/h1-3,6,10,12H,4-5,7H2,(H,18,24)(H,22,23). The maximum atomic E-state index is 13.7. The first kappa shape index (κ1) is 16.0. The zero-order valence-electron chi connectivity index (χ0n) is 12.4. The number of hydrogen-bond donors (Lipinski definition) is 2. The minimum Gasteiger partial charge on any atom is -0.480 e. The molecule has 1 aliphatic carbocycles. The molecule has 1 aromatic heterocycles. The van der Waals surface area contributed by atoms with E-state index in [0.29, 0.717) is 12.1 Å². The smallest absolute Gasteiger partial charge is 0.325 e. The number of aliphatic carboxylic acids is 1. The quantitative estimate of drug-likeness (QED) is 0.822. The van der Waals surface area contributed by atoms with Crippen molar-refractivity contribution in [3.63, 3.8) is 0 Å². The van der Waals surface area contributed by atoms with Crippen LogP contribution in [0.15, 0.2) is 24.4 Å². The molecule has 0 spiro atoms. The van der Waals surface area contributed by atoms with Crippen molar-refractivity contribution in [1.29, 1.82) is 0 Å². The molecule has 24 heavy (non-hydrogen) atoms. The SMILES string of the molecule is O=C(O)Cn1cc(CNC(=O)C2CC2c2cc(F)ccc2F)nn1. The predicted octanol–water partition coefficient (Wildman–Crippen LogP) is 1.06. The van der Waals surface area contributed by atoms with Crippen LogP contribution in [0.3, 0.4) is 0 Å². The molecule has 0 saturated heterocycles. The largest absolute Gasteiger partial charge is 0.480 e. The van der Waals surface area contributed by atoms with Crippen LogP contribution in [0.5, 0.6) is 0 Å². The van der Waals surface area contributed by atoms with Gasteiger partial charge in [-0.3, -0.25) is 9.59 Å². The Morgan fingerprint density at radius 3 is 2.92 bits per heavy atom. The van der Waals surface area contributed by atoms with Crippen molar-refractivity contribution in [1.82, 2.24) is 20.3 Å². The van der Waals surface area contributed by atoms with E-state index >= 15 is 0 Å². The molecule has 2 N–H and O–H groups in total. The molecule has 2 aromatic rings. The summed E-state index contributed by atoms with van der Waals surface area (Å²) < 4.78 is 28.0. The molecule has 126 valence electrons. The highest BCUT2D eigenvalue weighted by molar-refractivity contribution is 5.82. The monoisotopic (exact) mass is 336 g/mol. The van der Waals surface area contributed by atoms with Gasteiger partial charge in [0.15, 0.2) is 0 Å². The van der Waals surface area contributed by atoms with Crippen molar-refractivity contribution in [2.75, 3.05) is 0 Å². The summed E-state index contributed by atoms with van der Waals surface area (Å²) in [7, 11) is 0. The number of nitrogens with one attached hydrogen (secondary N) is 1. The summed E-state index contributed by atoms with van der Waals surface area (Å²) in [5.41, 5.74) is 0.626. The molecule has 0 aliphatic heterocycles. The topological polar surface area (TPSA) is 97.1 Å². The normalized spacial score (nSPS) is 19.1. The number of halogens is 2. The van der Waals surface area contributed by atoms with Gasteiger partial charge in [-0.05, 0) is 36.1 Å². The van der Waals surface area contributed by atoms with Crippen LogP contribution in [0.4, 0.5) is 8.78 Å². The molecular formula is C15H14F2N4O3. The fourth-order valence-corrected chi connectivity index (χ4v) is 2.57. The van der Waals surface area contributed by atoms with Gasteiger partial charge in [0.1, 0.15) is 23.9 Å². The second-order valence-electron chi connectivity index (χ2n) is 5.63. The van der Waals surface area contributed by atoms with Gasteiger partial charge in [-0.25, -0.2) is 13.5 Å². The molecule has 2 atom stereocenters. The summed E-state index contributed by atoms with van der Waals surface area (Å²) in [6.45, 7) is -0.224. The van der Waals surface area contributed by atoms with Crippen molar-refractivity contribution in [2.24, 2.45) is 5.92 Å². The van der Waals surface area contributed by atoms with Crippen molar-refractivity contribution in [3.05, 3.63) is 47.3 Å². The molecular weight excluding hydrogens is 322 g/mol. The second kappa shape index (κ2) is 6.34. The summed E-state index contributed by atoms with van der Waals surface area (Å²) in [6.07, 6.45) is 1.88. The number of amides is 1. The highest BCUT2D eigenvalue weighted by atomic mass is 19.1. The van der Waals surface area contributed by atoms with E-state index in [4.69, 9.17) is 5.11 Å². The first-order chi connectivity index (χ1) is 11.4. The number of aromatic nitrogens is 3. The van der Waals surface area contributed by atoms with Crippen LogP contribution in [0, 0.1) is 17.6 Å². The van der Waals surface area contributed by atoms with E-state index in [1.807, 2.05) is 0 Å². The summed E-state index contributed by atoms with van der Waals surface area (Å²) in [6, 6.07) is 3.21. The minimum atomic E-state index is -1.05. The Balaban J connectivity index is 1.54. The van der Waals surface area contributed by atoms with Gasteiger partial charge in [0, 0.05) is 5.92 Å². The lowest BCUT2D eigenvalue weighted by atomic mass is 10.1. The van der Waals surface area contributed by atoms with Gasteiger partial charge < -0.3 is 10.4 Å². The fourth-order valence-electron chi connectivity index (χ4n) is 2.57. The Labute approximate surface area is 135 Å². The highest BCUT2D eigenvalue weighted by Gasteiger charge is 2.45. The number of carboxylic acid groups (broad SMARTS) is 1. The molecule has 1 aliphatic rings. The van der Waals surface area contributed by atoms with Crippen LogP contribution >= 0.6 is 0 Å². The first-order valence-corrected chi connectivity index (χ1v) is 7.27. The Morgan fingerprint density at radius 2 is 2.17 bits per heavy atom. The number of carbonyl (C=O) groups excluding carboxylic acids is 1. The number of rotatable bonds is 6. The first-order valence-electron chi connectivity index (χ1n) is 7.27. The third kappa shape index (κ3) is 3.55. The maximum absolute atomic E-state index is 13.7. The predicted molar refractivity (Wildman–Crippen MR) is 76.7 cm³/mol. The zero-order valence-corrected chi connectivity index (χ0v) is 12.4. The van der Waals surface area contributed by atoms with Crippen LogP contribution in [-0.2, 0) is 22.7 Å². The van der Waals surface area contributed by atoms with E-state index in [1.54, 1.807) is 0 Å². The van der Waals surface area contributed by atoms with Crippen LogP contribution < -0.4 is 5.32 Å². The van der Waals surface area contributed by atoms with Crippen LogP contribution in [0.2, 0.25) is 0 Å². The van der Waals surface area contributed by atoms with Gasteiger partial charge in [-0.2, -0.15) is 0 Å². The van der Waals surface area contributed by atoms with Gasteiger partial charge in [-0.1, -0.05) is 5.21 Å². The molecule has 1 aromatic carbocycles. The maximum Gasteiger partial charge on any atom is 0.325 e. The van der Waals surface area contributed by atoms with E-state index < -0.39 is 23.5 Å². The van der Waals surface area contributed by atoms with E-state index in [9.17, 15) is 18.4 Å². The molecule has 0 bridgehead atoms. The van der Waals surface area contributed by atoms with Gasteiger partial charge in [0.25, 0.3) is 0 Å². The van der Waals surface area contributed by atoms with E-state index in [2.05, 4.69) is 15.6 Å². The fraction of sp³-hybridized carbons (Fsp3) is 0.333. The Hall–Kier alpha value is -2.84. The van der Waals surface area contributed by atoms with Crippen LogP contribution in [0.1, 0.15) is 23.6 Å². The Kier molecular flexibility index (Phi) is 4.24. The number of hydrogen-bond acceptors (Lipinski definition) is 4. The Bertz CT molecular complexity index is 793. The Morgan fingerprint density at radius 1 is 1.38 bits per heavy atom. The average molecular weight is 336 g/mol. The van der Waals surface area contributed by atoms with Crippen molar-refractivity contribution in [3.8, 4) is 0 Å². The molecule has 1 heterocycles. The molecule has 7 nitrogen and oxygen atoms in total. The second-order valence-corrected chi connectivity index (χ2v) is 5.63. The van der Waals surface area contributed by atoms with Gasteiger partial charge in [-0.15, -0.1) is 5.10 Å². The van der Waals surface area contributed by atoms with Crippen molar-refractivity contribution in [2.45, 2.75) is 25.4 Å². The van der Waals surface area contributed by atoms with E-state index in [1.165, 1.54) is 6.20 Å². The van der Waals surface area contributed by atoms with Gasteiger partial charge in [0.05, 0.1) is 12.7 Å². The number of carbonyl (C=O) groups is 2. The lowest BCUT2D eigenvalue weighted by Crippen LogP contribution is -2.25. The zero-order chi connectivity index (χ0) is 17.3. The minimum absolute atomic E-state index is 0.0906. The summed E-state index contributed by atoms with van der Waals surface area (Å²) in [5, 5.41) is 18.7. The van der Waals surface area contributed by atoms with Crippen LogP contribution in [0.25, 0.3) is 0 Å². The van der Waals surface area contributed by atoms with Crippen molar-refractivity contribution < 1.29 is 23.5 Å².